The first-order valence-corrected chi connectivity index (χ1v) is 6.75. The van der Waals surface area contributed by atoms with Gasteiger partial charge in [-0.2, -0.15) is 5.26 Å². The zero-order chi connectivity index (χ0) is 14.5. The number of benzene rings is 2. The quantitative estimate of drug-likeness (QED) is 0.781. The van der Waals surface area contributed by atoms with Gasteiger partial charge in [-0.25, -0.2) is 0 Å². The van der Waals surface area contributed by atoms with Crippen molar-refractivity contribution < 1.29 is 4.79 Å². The Morgan fingerprint density at radius 3 is 2.20 bits per heavy atom. The molecule has 2 heteroatoms. The lowest BCUT2D eigenvalue weighted by molar-refractivity contribution is 0.0979. The number of carbonyl (C=O) groups excluding carboxylic acids is 1. The van der Waals surface area contributed by atoms with Crippen molar-refractivity contribution in [3.63, 3.8) is 0 Å². The molecule has 20 heavy (non-hydrogen) atoms. The van der Waals surface area contributed by atoms with Crippen molar-refractivity contribution in [3.8, 4) is 6.07 Å². The van der Waals surface area contributed by atoms with Gasteiger partial charge >= 0.3 is 0 Å². The van der Waals surface area contributed by atoms with Gasteiger partial charge in [-0.15, -0.1) is 0 Å². The summed E-state index contributed by atoms with van der Waals surface area (Å²) in [5.74, 6) is -0.873. The number of nitrogens with zero attached hydrogens (tertiary/aromatic N) is 1. The fourth-order valence-electron chi connectivity index (χ4n) is 2.11. The fourth-order valence-corrected chi connectivity index (χ4v) is 2.11. The molecule has 0 fully saturated rings. The van der Waals surface area contributed by atoms with Gasteiger partial charge in [0.25, 0.3) is 0 Å². The Morgan fingerprint density at radius 1 is 1.10 bits per heavy atom. The second-order valence-electron chi connectivity index (χ2n) is 4.89. The van der Waals surface area contributed by atoms with Crippen molar-refractivity contribution in [2.24, 2.45) is 0 Å². The van der Waals surface area contributed by atoms with Gasteiger partial charge in [0.05, 0.1) is 6.07 Å². The minimum Gasteiger partial charge on any atom is -0.292 e. The van der Waals surface area contributed by atoms with Crippen molar-refractivity contribution in [2.75, 3.05) is 0 Å². The maximum Gasteiger partial charge on any atom is 0.184 e. The standard InChI is InChI=1S/C18H17NO/c1-3-14-6-10-16(11-7-14)18(20)17(12-19)15-8-4-13(2)5-9-15/h4-11,17H,3H2,1-2H3. The van der Waals surface area contributed by atoms with E-state index in [1.807, 2.05) is 43.3 Å². The van der Waals surface area contributed by atoms with Crippen LogP contribution in [0, 0.1) is 18.3 Å². The van der Waals surface area contributed by atoms with E-state index in [4.69, 9.17) is 0 Å². The number of rotatable bonds is 4. The predicted molar refractivity (Wildman–Crippen MR) is 79.7 cm³/mol. The van der Waals surface area contributed by atoms with Crippen LogP contribution in [0.3, 0.4) is 0 Å². The first kappa shape index (κ1) is 14.0. The number of carbonyl (C=O) groups is 1. The lowest BCUT2D eigenvalue weighted by atomic mass is 9.91. The number of ketones is 1. The van der Waals surface area contributed by atoms with Crippen molar-refractivity contribution in [3.05, 3.63) is 70.8 Å². The van der Waals surface area contributed by atoms with Crippen LogP contribution in [0.1, 0.15) is 39.9 Å². The van der Waals surface area contributed by atoms with Gasteiger partial charge in [-0.05, 0) is 24.5 Å². The molecule has 0 saturated heterocycles. The van der Waals surface area contributed by atoms with E-state index in [0.29, 0.717) is 5.56 Å². The third-order valence-corrected chi connectivity index (χ3v) is 3.45. The molecule has 0 aromatic heterocycles. The Bertz CT molecular complexity index is 633. The second-order valence-corrected chi connectivity index (χ2v) is 4.89. The summed E-state index contributed by atoms with van der Waals surface area (Å²) in [5.41, 5.74) is 3.65. The third-order valence-electron chi connectivity index (χ3n) is 3.45. The highest BCUT2D eigenvalue weighted by Gasteiger charge is 2.21. The summed E-state index contributed by atoms with van der Waals surface area (Å²) >= 11 is 0. The average Bonchev–Trinajstić information content (AvgIpc) is 2.50. The highest BCUT2D eigenvalue weighted by atomic mass is 16.1. The van der Waals surface area contributed by atoms with E-state index in [1.165, 1.54) is 5.56 Å². The molecule has 0 N–H and O–H groups in total. The molecule has 2 aromatic rings. The van der Waals surface area contributed by atoms with Gasteiger partial charge in [0.2, 0.25) is 0 Å². The van der Waals surface area contributed by atoms with Gasteiger partial charge in [0, 0.05) is 5.56 Å². The molecule has 2 aromatic carbocycles. The minimum absolute atomic E-state index is 0.140. The number of aryl methyl sites for hydroxylation is 2. The highest BCUT2D eigenvalue weighted by molar-refractivity contribution is 6.02. The Labute approximate surface area is 119 Å². The molecule has 0 aliphatic heterocycles. The van der Waals surface area contributed by atoms with Gasteiger partial charge in [-0.1, -0.05) is 61.0 Å². The van der Waals surface area contributed by atoms with Crippen LogP contribution in [0.25, 0.3) is 0 Å². The molecule has 0 radical (unpaired) electrons. The van der Waals surface area contributed by atoms with Crippen LogP contribution in [0.4, 0.5) is 0 Å². The van der Waals surface area contributed by atoms with Gasteiger partial charge in [0.1, 0.15) is 5.92 Å². The summed E-state index contributed by atoms with van der Waals surface area (Å²) in [5, 5.41) is 9.31. The summed E-state index contributed by atoms with van der Waals surface area (Å²) in [6.07, 6.45) is 0.939. The molecule has 2 nitrogen and oxygen atoms in total. The fraction of sp³-hybridized carbons (Fsp3) is 0.222. The van der Waals surface area contributed by atoms with E-state index in [1.54, 1.807) is 12.1 Å². The van der Waals surface area contributed by atoms with Gasteiger partial charge in [0.15, 0.2) is 5.78 Å². The van der Waals surface area contributed by atoms with E-state index in [9.17, 15) is 10.1 Å². The third kappa shape index (κ3) is 2.95. The maximum absolute atomic E-state index is 12.4. The lowest BCUT2D eigenvalue weighted by Crippen LogP contribution is -2.11. The summed E-state index contributed by atoms with van der Waals surface area (Å²) in [6.45, 7) is 4.05. The van der Waals surface area contributed by atoms with E-state index < -0.39 is 5.92 Å². The zero-order valence-corrected chi connectivity index (χ0v) is 11.8. The molecule has 0 aliphatic rings. The normalized spacial score (nSPS) is 11.7. The Morgan fingerprint density at radius 2 is 1.70 bits per heavy atom. The van der Waals surface area contributed by atoms with E-state index in [2.05, 4.69) is 13.0 Å². The summed E-state index contributed by atoms with van der Waals surface area (Å²) in [4.78, 5) is 12.4. The second kappa shape index (κ2) is 6.16. The molecule has 0 spiro atoms. The number of Topliss-reactive ketones (excluding diaryl/α,β-unsaturated/α-hetero) is 1. The van der Waals surface area contributed by atoms with Crippen LogP contribution in [-0.4, -0.2) is 5.78 Å². The number of nitriles is 1. The number of hydrogen-bond acceptors (Lipinski definition) is 2. The largest absolute Gasteiger partial charge is 0.292 e. The SMILES string of the molecule is CCc1ccc(C(=O)C(C#N)c2ccc(C)cc2)cc1. The van der Waals surface area contributed by atoms with Gasteiger partial charge in [-0.3, -0.25) is 4.79 Å². The van der Waals surface area contributed by atoms with Crippen LogP contribution in [-0.2, 0) is 6.42 Å². The molecule has 0 aliphatic carbocycles. The molecule has 1 unspecified atom stereocenters. The van der Waals surface area contributed by atoms with Crippen molar-refractivity contribution in [1.82, 2.24) is 0 Å². The van der Waals surface area contributed by atoms with E-state index in [-0.39, 0.29) is 5.78 Å². The first-order chi connectivity index (χ1) is 9.65. The monoisotopic (exact) mass is 263 g/mol. The smallest absolute Gasteiger partial charge is 0.184 e. The van der Waals surface area contributed by atoms with Crippen LogP contribution >= 0.6 is 0 Å². The van der Waals surface area contributed by atoms with Crippen molar-refractivity contribution in [1.29, 1.82) is 5.26 Å². The summed E-state index contributed by atoms with van der Waals surface area (Å²) < 4.78 is 0. The Kier molecular flexibility index (Phi) is 4.32. The zero-order valence-electron chi connectivity index (χ0n) is 11.8. The topological polar surface area (TPSA) is 40.9 Å². The van der Waals surface area contributed by atoms with Gasteiger partial charge < -0.3 is 0 Å². The van der Waals surface area contributed by atoms with Crippen LogP contribution in [0.5, 0.6) is 0 Å². The molecular formula is C18H17NO. The molecule has 0 heterocycles. The number of hydrogen-bond donors (Lipinski definition) is 0. The molecule has 0 bridgehead atoms. The Balaban J connectivity index is 2.29. The van der Waals surface area contributed by atoms with E-state index >= 15 is 0 Å². The average molecular weight is 263 g/mol. The summed E-state index contributed by atoms with van der Waals surface area (Å²) in [7, 11) is 0. The maximum atomic E-state index is 12.4. The molecule has 100 valence electrons. The summed E-state index contributed by atoms with van der Waals surface area (Å²) in [6, 6.07) is 17.2. The minimum atomic E-state index is -0.733. The van der Waals surface area contributed by atoms with Crippen molar-refractivity contribution in [2.45, 2.75) is 26.2 Å². The highest BCUT2D eigenvalue weighted by Crippen LogP contribution is 2.21. The van der Waals surface area contributed by atoms with Crippen LogP contribution < -0.4 is 0 Å². The lowest BCUT2D eigenvalue weighted by Gasteiger charge is -2.09. The predicted octanol–water partition coefficient (Wildman–Crippen LogP) is 4.05. The Hall–Kier alpha value is -2.40. The van der Waals surface area contributed by atoms with Crippen molar-refractivity contribution >= 4 is 5.78 Å². The van der Waals surface area contributed by atoms with Crippen LogP contribution in [0.2, 0.25) is 0 Å². The van der Waals surface area contributed by atoms with E-state index in [0.717, 1.165) is 17.5 Å². The molecule has 0 amide bonds. The molecule has 0 saturated carbocycles. The van der Waals surface area contributed by atoms with Crippen LogP contribution in [0.15, 0.2) is 48.5 Å². The molecular weight excluding hydrogens is 246 g/mol. The first-order valence-electron chi connectivity index (χ1n) is 6.75. The molecule has 2 rings (SSSR count). The molecule has 1 atom stereocenters.